The smallest absolute Gasteiger partial charge is 0.229 e. The molecule has 7 nitrogen and oxygen atoms in total. The van der Waals surface area contributed by atoms with Crippen LogP contribution in [0.5, 0.6) is 0 Å². The molecule has 0 bridgehead atoms. The Kier molecular flexibility index (Phi) is 6.25. The molecule has 184 valence electrons. The van der Waals surface area contributed by atoms with Crippen molar-refractivity contribution in [1.29, 1.82) is 0 Å². The number of aromatic nitrogens is 3. The lowest BCUT2D eigenvalue weighted by Crippen LogP contribution is -2.45. The summed E-state index contributed by atoms with van der Waals surface area (Å²) in [6.07, 6.45) is 7.91. The Morgan fingerprint density at radius 1 is 0.972 bits per heavy atom. The quantitative estimate of drug-likeness (QED) is 0.453. The predicted octanol–water partition coefficient (Wildman–Crippen LogP) is 3.80. The molecular weight excluding hydrogens is 448 g/mol. The average molecular weight is 481 g/mol. The number of hydrogen-bond donors (Lipinski definition) is 1. The fourth-order valence-electron chi connectivity index (χ4n) is 5.30. The van der Waals surface area contributed by atoms with Gasteiger partial charge in [0.2, 0.25) is 5.95 Å². The first-order valence-electron chi connectivity index (χ1n) is 12.9. The first-order chi connectivity index (χ1) is 17.6. The van der Waals surface area contributed by atoms with E-state index in [0.29, 0.717) is 17.0 Å². The van der Waals surface area contributed by atoms with Gasteiger partial charge in [0.1, 0.15) is 0 Å². The molecule has 36 heavy (non-hydrogen) atoms. The largest absolute Gasteiger partial charge is 0.324 e. The van der Waals surface area contributed by atoms with Gasteiger partial charge in [-0.2, -0.15) is 4.98 Å². The van der Waals surface area contributed by atoms with Crippen LogP contribution in [0.4, 0.5) is 11.6 Å². The van der Waals surface area contributed by atoms with E-state index in [1.807, 2.05) is 16.8 Å². The van der Waals surface area contributed by atoms with E-state index < -0.39 is 0 Å². The Balaban J connectivity index is 1.24. The molecule has 1 fully saturated rings. The monoisotopic (exact) mass is 480 g/mol. The highest BCUT2D eigenvalue weighted by molar-refractivity contribution is 5.77. The minimum Gasteiger partial charge on any atom is -0.324 e. The fourth-order valence-corrected chi connectivity index (χ4v) is 5.30. The van der Waals surface area contributed by atoms with Gasteiger partial charge in [-0.25, -0.2) is 4.98 Å². The van der Waals surface area contributed by atoms with E-state index in [2.05, 4.69) is 63.5 Å². The molecule has 0 saturated carbocycles. The van der Waals surface area contributed by atoms with Crippen LogP contribution < -0.4 is 10.7 Å². The number of piperazine rings is 1. The maximum absolute atomic E-state index is 12.6. The Bertz CT molecular complexity index is 1450. The van der Waals surface area contributed by atoms with Crippen LogP contribution in [-0.4, -0.2) is 64.1 Å². The van der Waals surface area contributed by atoms with Gasteiger partial charge in [-0.15, -0.1) is 0 Å². The van der Waals surface area contributed by atoms with Gasteiger partial charge >= 0.3 is 0 Å². The number of anilines is 2. The Labute approximate surface area is 211 Å². The van der Waals surface area contributed by atoms with Crippen molar-refractivity contribution in [2.45, 2.75) is 25.7 Å². The van der Waals surface area contributed by atoms with Gasteiger partial charge in [0.15, 0.2) is 11.1 Å². The molecule has 2 aromatic carbocycles. The van der Waals surface area contributed by atoms with Crippen LogP contribution in [-0.2, 0) is 19.3 Å². The molecule has 2 aliphatic rings. The molecule has 0 radical (unpaired) electrons. The van der Waals surface area contributed by atoms with Crippen LogP contribution in [0.3, 0.4) is 0 Å². The first-order valence-corrected chi connectivity index (χ1v) is 12.9. The zero-order chi connectivity index (χ0) is 24.5. The minimum atomic E-state index is -0.0696. The molecule has 0 amide bonds. The highest BCUT2D eigenvalue weighted by Crippen LogP contribution is 2.26. The molecule has 7 heteroatoms. The standard InChI is InChI=1S/C29H32N6O/c1-33-14-16-34(17-15-33)12-10-21-4-2-7-24(18-21)31-29-30-20-26-27(36)11-13-35(28(26)32-29)25-9-8-22-5-3-6-23(22)19-25/h2,4,7-9,11,13,18-20H,3,5-6,10,12,14-17H2,1H3,(H,30,31,32). The molecule has 2 aromatic heterocycles. The van der Waals surface area contributed by atoms with Crippen LogP contribution >= 0.6 is 0 Å². The summed E-state index contributed by atoms with van der Waals surface area (Å²) >= 11 is 0. The maximum Gasteiger partial charge on any atom is 0.229 e. The number of nitrogens with one attached hydrogen (secondary N) is 1. The van der Waals surface area contributed by atoms with Gasteiger partial charge in [-0.1, -0.05) is 18.2 Å². The molecule has 3 heterocycles. The lowest BCUT2D eigenvalue weighted by molar-refractivity contribution is 0.155. The van der Waals surface area contributed by atoms with E-state index in [0.717, 1.165) is 63.4 Å². The van der Waals surface area contributed by atoms with Crippen LogP contribution in [0.25, 0.3) is 16.7 Å². The molecular formula is C29H32N6O. The van der Waals surface area contributed by atoms with Crippen molar-refractivity contribution in [2.24, 2.45) is 0 Å². The van der Waals surface area contributed by atoms with Crippen molar-refractivity contribution < 1.29 is 0 Å². The van der Waals surface area contributed by atoms with Crippen molar-refractivity contribution in [1.82, 2.24) is 24.3 Å². The molecule has 0 atom stereocenters. The Morgan fingerprint density at radius 2 is 1.83 bits per heavy atom. The van der Waals surface area contributed by atoms with Gasteiger partial charge < -0.3 is 19.7 Å². The number of likely N-dealkylation sites (N-methyl/N-ethyl adjacent to an activating group) is 1. The van der Waals surface area contributed by atoms with E-state index in [9.17, 15) is 4.79 Å². The molecule has 0 unspecified atom stereocenters. The lowest BCUT2D eigenvalue weighted by Gasteiger charge is -2.32. The third-order valence-electron chi connectivity index (χ3n) is 7.49. The van der Waals surface area contributed by atoms with Crippen molar-refractivity contribution in [2.75, 3.05) is 45.1 Å². The summed E-state index contributed by atoms with van der Waals surface area (Å²) < 4.78 is 1.99. The highest BCUT2D eigenvalue weighted by Gasteiger charge is 2.15. The third kappa shape index (κ3) is 4.76. The van der Waals surface area contributed by atoms with Crippen LogP contribution in [0.1, 0.15) is 23.1 Å². The summed E-state index contributed by atoms with van der Waals surface area (Å²) in [4.78, 5) is 26.7. The van der Waals surface area contributed by atoms with Gasteiger partial charge in [-0.05, 0) is 73.7 Å². The van der Waals surface area contributed by atoms with Gasteiger partial charge in [0, 0.05) is 62.6 Å². The second-order valence-electron chi connectivity index (χ2n) is 10.0. The summed E-state index contributed by atoms with van der Waals surface area (Å²) in [5.41, 5.74) is 6.62. The van der Waals surface area contributed by atoms with E-state index >= 15 is 0 Å². The van der Waals surface area contributed by atoms with E-state index in [4.69, 9.17) is 4.98 Å². The Hall–Kier alpha value is -3.55. The zero-order valence-electron chi connectivity index (χ0n) is 20.8. The van der Waals surface area contributed by atoms with E-state index in [1.54, 1.807) is 12.3 Å². The van der Waals surface area contributed by atoms with Gasteiger partial charge in [0.05, 0.1) is 5.39 Å². The van der Waals surface area contributed by atoms with Crippen LogP contribution in [0, 0.1) is 0 Å². The molecule has 1 N–H and O–H groups in total. The van der Waals surface area contributed by atoms with Gasteiger partial charge in [0.25, 0.3) is 0 Å². The lowest BCUT2D eigenvalue weighted by atomic mass is 10.1. The summed E-state index contributed by atoms with van der Waals surface area (Å²) in [7, 11) is 2.19. The molecule has 1 aliphatic carbocycles. The topological polar surface area (TPSA) is 66.3 Å². The summed E-state index contributed by atoms with van der Waals surface area (Å²) in [5.74, 6) is 0.485. The summed E-state index contributed by atoms with van der Waals surface area (Å²) in [5, 5.41) is 3.88. The summed E-state index contributed by atoms with van der Waals surface area (Å²) in [6, 6.07) is 16.6. The molecule has 6 rings (SSSR count). The maximum atomic E-state index is 12.6. The fraction of sp³-hybridized carbons (Fsp3) is 0.345. The van der Waals surface area contributed by atoms with E-state index in [1.165, 1.54) is 23.1 Å². The van der Waals surface area contributed by atoms with Crippen molar-refractivity contribution >= 4 is 22.7 Å². The van der Waals surface area contributed by atoms with Crippen molar-refractivity contribution in [3.8, 4) is 5.69 Å². The second-order valence-corrected chi connectivity index (χ2v) is 10.0. The number of rotatable bonds is 6. The second kappa shape index (κ2) is 9.84. The first kappa shape index (κ1) is 22.9. The third-order valence-corrected chi connectivity index (χ3v) is 7.49. The SMILES string of the molecule is CN1CCN(CCc2cccc(Nc3ncc4c(=O)ccn(-c5ccc6c(c5)CCC6)c4n3)c2)CC1. The van der Waals surface area contributed by atoms with Crippen LogP contribution in [0.2, 0.25) is 0 Å². The normalized spacial score (nSPS) is 16.4. The zero-order valence-corrected chi connectivity index (χ0v) is 20.8. The Morgan fingerprint density at radius 3 is 2.72 bits per heavy atom. The number of aryl methyl sites for hydroxylation is 2. The average Bonchev–Trinajstić information content (AvgIpc) is 3.37. The minimum absolute atomic E-state index is 0.0696. The molecule has 0 spiro atoms. The molecule has 4 aromatic rings. The number of benzene rings is 2. The van der Waals surface area contributed by atoms with Crippen molar-refractivity contribution in [3.05, 3.63) is 87.8 Å². The summed E-state index contributed by atoms with van der Waals surface area (Å²) in [6.45, 7) is 5.60. The predicted molar refractivity (Wildman–Crippen MR) is 145 cm³/mol. The van der Waals surface area contributed by atoms with Crippen molar-refractivity contribution in [3.63, 3.8) is 0 Å². The number of fused-ring (bicyclic) bond motifs is 2. The number of pyridine rings is 1. The van der Waals surface area contributed by atoms with Crippen LogP contribution in [0.15, 0.2) is 65.7 Å². The van der Waals surface area contributed by atoms with E-state index in [-0.39, 0.29) is 5.43 Å². The highest BCUT2D eigenvalue weighted by atomic mass is 16.1. The molecule has 1 saturated heterocycles. The number of hydrogen-bond acceptors (Lipinski definition) is 6. The van der Waals surface area contributed by atoms with Gasteiger partial charge in [-0.3, -0.25) is 4.79 Å². The number of nitrogens with zero attached hydrogens (tertiary/aromatic N) is 5. The molecule has 1 aliphatic heterocycles.